The first kappa shape index (κ1) is 19.2. The van der Waals surface area contributed by atoms with E-state index in [-0.39, 0.29) is 23.4 Å². The third kappa shape index (κ3) is 4.94. The van der Waals surface area contributed by atoms with E-state index in [4.69, 9.17) is 0 Å². The molecule has 0 aromatic carbocycles. The van der Waals surface area contributed by atoms with Crippen molar-refractivity contribution in [2.75, 3.05) is 11.9 Å². The Morgan fingerprint density at radius 1 is 1.40 bits per heavy atom. The second kappa shape index (κ2) is 7.86. The van der Waals surface area contributed by atoms with Gasteiger partial charge in [-0.15, -0.1) is 0 Å². The Morgan fingerprint density at radius 2 is 2.12 bits per heavy atom. The number of hydrogen-bond acceptors (Lipinski definition) is 4. The highest BCUT2D eigenvalue weighted by Gasteiger charge is 2.30. The molecule has 2 atom stereocenters. The van der Waals surface area contributed by atoms with Crippen LogP contribution in [0.15, 0.2) is 6.07 Å². The van der Waals surface area contributed by atoms with Crippen LogP contribution in [0.2, 0.25) is 0 Å². The number of nitrogens with zero attached hydrogens (tertiary/aromatic N) is 2. The van der Waals surface area contributed by atoms with Gasteiger partial charge in [0.15, 0.2) is 6.29 Å². The summed E-state index contributed by atoms with van der Waals surface area (Å²) in [5, 5.41) is 16.5. The van der Waals surface area contributed by atoms with Crippen molar-refractivity contribution in [1.82, 2.24) is 25.7 Å². The zero-order valence-electron chi connectivity index (χ0n) is 15.8. The van der Waals surface area contributed by atoms with E-state index in [9.17, 15) is 9.59 Å². The van der Waals surface area contributed by atoms with E-state index in [0.29, 0.717) is 18.8 Å². The number of aromatic nitrogens is 2. The predicted molar refractivity (Wildman–Crippen MR) is 97.3 cm³/mol. The molecule has 140 valence electrons. The van der Waals surface area contributed by atoms with Gasteiger partial charge in [0.2, 0.25) is 5.91 Å². The van der Waals surface area contributed by atoms with Crippen LogP contribution >= 0.6 is 0 Å². The molecule has 3 amide bonds. The smallest absolute Gasteiger partial charge is 0.320 e. The fourth-order valence-corrected chi connectivity index (χ4v) is 2.60. The van der Waals surface area contributed by atoms with E-state index in [1.807, 2.05) is 19.9 Å². The maximum atomic E-state index is 12.1. The third-order valence-electron chi connectivity index (χ3n) is 4.14. The molecule has 2 heterocycles. The molecule has 1 aliphatic rings. The van der Waals surface area contributed by atoms with Crippen LogP contribution in [0.5, 0.6) is 0 Å². The molecule has 0 bridgehead atoms. The number of nitrogens with one attached hydrogen (secondary N) is 4. The maximum Gasteiger partial charge on any atom is 0.320 e. The summed E-state index contributed by atoms with van der Waals surface area (Å²) in [6.45, 7) is 10.8. The summed E-state index contributed by atoms with van der Waals surface area (Å²) in [5.41, 5.74) is 0.665. The molecule has 0 aliphatic carbocycles. The van der Waals surface area contributed by atoms with Crippen LogP contribution in [-0.2, 0) is 10.2 Å². The number of carbonyl (C=O) groups is 2. The van der Waals surface area contributed by atoms with Crippen LogP contribution in [0.25, 0.3) is 0 Å². The van der Waals surface area contributed by atoms with Gasteiger partial charge < -0.3 is 10.6 Å². The molecule has 1 aromatic rings. The average molecular weight is 350 g/mol. The van der Waals surface area contributed by atoms with Gasteiger partial charge >= 0.3 is 6.03 Å². The Hall–Kier alpha value is -2.09. The van der Waals surface area contributed by atoms with Crippen LogP contribution in [0.1, 0.15) is 65.9 Å². The third-order valence-corrected chi connectivity index (χ3v) is 4.14. The van der Waals surface area contributed by atoms with Gasteiger partial charge in [-0.2, -0.15) is 5.10 Å². The lowest BCUT2D eigenvalue weighted by Crippen LogP contribution is -2.53. The quantitative estimate of drug-likeness (QED) is 0.653. The van der Waals surface area contributed by atoms with E-state index in [1.165, 1.54) is 0 Å². The Balaban J connectivity index is 2.29. The van der Waals surface area contributed by atoms with Crippen molar-refractivity contribution in [2.45, 2.75) is 71.6 Å². The molecule has 0 spiro atoms. The molecule has 1 saturated heterocycles. The Labute approximate surface area is 149 Å². The average Bonchev–Trinajstić information content (AvgIpc) is 2.96. The lowest BCUT2D eigenvalue weighted by atomic mass is 9.92. The van der Waals surface area contributed by atoms with E-state index in [1.54, 1.807) is 4.68 Å². The van der Waals surface area contributed by atoms with Crippen LogP contribution < -0.4 is 21.3 Å². The zero-order valence-corrected chi connectivity index (χ0v) is 15.8. The van der Waals surface area contributed by atoms with Crippen molar-refractivity contribution in [3.63, 3.8) is 0 Å². The summed E-state index contributed by atoms with van der Waals surface area (Å²) in [6.07, 6.45) is 1.67. The molecular formula is C17H30N6O2. The number of urea groups is 1. The van der Waals surface area contributed by atoms with Crippen molar-refractivity contribution in [1.29, 1.82) is 0 Å². The van der Waals surface area contributed by atoms with Gasteiger partial charge in [0.25, 0.3) is 0 Å². The van der Waals surface area contributed by atoms with Crippen LogP contribution in [0, 0.1) is 0 Å². The minimum Gasteiger partial charge on any atom is -0.338 e. The molecule has 25 heavy (non-hydrogen) atoms. The number of amides is 3. The minimum absolute atomic E-state index is 0.0233. The second-order valence-electron chi connectivity index (χ2n) is 7.44. The molecule has 4 N–H and O–H groups in total. The van der Waals surface area contributed by atoms with Crippen molar-refractivity contribution in [3.05, 3.63) is 11.8 Å². The number of anilines is 1. The maximum absolute atomic E-state index is 12.1. The second-order valence-corrected chi connectivity index (χ2v) is 7.44. The van der Waals surface area contributed by atoms with Crippen LogP contribution in [0.3, 0.4) is 0 Å². The van der Waals surface area contributed by atoms with E-state index >= 15 is 0 Å². The summed E-state index contributed by atoms with van der Waals surface area (Å²) in [7, 11) is 0. The van der Waals surface area contributed by atoms with E-state index in [2.05, 4.69) is 47.1 Å². The van der Waals surface area contributed by atoms with Crippen molar-refractivity contribution >= 4 is 17.8 Å². The van der Waals surface area contributed by atoms with Gasteiger partial charge in [0.05, 0.1) is 5.69 Å². The zero-order chi connectivity index (χ0) is 18.6. The monoisotopic (exact) mass is 350 g/mol. The first-order valence-electron chi connectivity index (χ1n) is 8.94. The predicted octanol–water partition coefficient (Wildman–Crippen LogP) is 2.06. The molecule has 1 aliphatic heterocycles. The molecule has 0 saturated carbocycles. The van der Waals surface area contributed by atoms with Gasteiger partial charge in [-0.05, 0) is 12.8 Å². The number of rotatable bonds is 5. The standard InChI is InChI=1S/C17H30N6O2/c1-6-8-18-16(25)20-13-10-12(17(3,4)5)22-23(13)15-19-11(7-2)9-14(24)21-15/h10-11,15,19H,6-9H2,1-5H3,(H,21,24)(H2,18,20,25). The Bertz CT molecular complexity index is 619. The lowest BCUT2D eigenvalue weighted by Gasteiger charge is -2.32. The fourth-order valence-electron chi connectivity index (χ4n) is 2.60. The highest BCUT2D eigenvalue weighted by Crippen LogP contribution is 2.26. The molecule has 8 heteroatoms. The SMILES string of the molecule is CCCNC(=O)Nc1cc(C(C)(C)C)nn1C1NC(=O)CC(CC)N1. The van der Waals surface area contributed by atoms with Crippen LogP contribution in [0.4, 0.5) is 10.6 Å². The number of hydrogen-bond donors (Lipinski definition) is 4. The van der Waals surface area contributed by atoms with Crippen molar-refractivity contribution < 1.29 is 9.59 Å². The highest BCUT2D eigenvalue weighted by atomic mass is 16.2. The first-order valence-corrected chi connectivity index (χ1v) is 8.94. The van der Waals surface area contributed by atoms with Gasteiger partial charge in [-0.3, -0.25) is 15.4 Å². The molecular weight excluding hydrogens is 320 g/mol. The lowest BCUT2D eigenvalue weighted by molar-refractivity contribution is -0.125. The summed E-state index contributed by atoms with van der Waals surface area (Å²) >= 11 is 0. The number of carbonyl (C=O) groups excluding carboxylic acids is 2. The fraction of sp³-hybridized carbons (Fsp3) is 0.706. The summed E-state index contributed by atoms with van der Waals surface area (Å²) in [4.78, 5) is 24.1. The topological polar surface area (TPSA) is 100 Å². The van der Waals surface area contributed by atoms with Crippen LogP contribution in [-0.4, -0.2) is 34.3 Å². The van der Waals surface area contributed by atoms with Crippen molar-refractivity contribution in [2.24, 2.45) is 0 Å². The first-order chi connectivity index (χ1) is 11.7. The van der Waals surface area contributed by atoms with Gasteiger partial charge in [0, 0.05) is 30.5 Å². The van der Waals surface area contributed by atoms with Gasteiger partial charge in [0.1, 0.15) is 5.82 Å². The molecule has 1 aromatic heterocycles. The highest BCUT2D eigenvalue weighted by molar-refractivity contribution is 5.88. The largest absolute Gasteiger partial charge is 0.338 e. The Kier molecular flexibility index (Phi) is 6.05. The van der Waals surface area contributed by atoms with E-state index in [0.717, 1.165) is 18.5 Å². The molecule has 1 fully saturated rings. The van der Waals surface area contributed by atoms with Crippen molar-refractivity contribution in [3.8, 4) is 0 Å². The summed E-state index contributed by atoms with van der Waals surface area (Å²) < 4.78 is 1.64. The van der Waals surface area contributed by atoms with E-state index < -0.39 is 6.29 Å². The minimum atomic E-state index is -0.483. The Morgan fingerprint density at radius 3 is 2.72 bits per heavy atom. The molecule has 0 radical (unpaired) electrons. The van der Waals surface area contributed by atoms with Gasteiger partial charge in [-0.1, -0.05) is 34.6 Å². The van der Waals surface area contributed by atoms with Gasteiger partial charge in [-0.25, -0.2) is 9.48 Å². The molecule has 2 unspecified atom stereocenters. The normalized spacial score (nSPS) is 20.9. The summed E-state index contributed by atoms with van der Waals surface area (Å²) in [6, 6.07) is 1.66. The molecule has 8 nitrogen and oxygen atoms in total. The summed E-state index contributed by atoms with van der Waals surface area (Å²) in [5.74, 6) is 0.526. The molecule has 2 rings (SSSR count).